The van der Waals surface area contributed by atoms with E-state index in [1.54, 1.807) is 0 Å². The summed E-state index contributed by atoms with van der Waals surface area (Å²) in [5.41, 5.74) is 9.70. The van der Waals surface area contributed by atoms with E-state index in [9.17, 15) is 0 Å². The van der Waals surface area contributed by atoms with E-state index in [2.05, 4.69) is 30.9 Å². The number of hydrogen-bond donors (Lipinski definition) is 1. The van der Waals surface area contributed by atoms with Gasteiger partial charge in [0.2, 0.25) is 0 Å². The topological polar surface area (TPSA) is 29.3 Å². The number of anilines is 1. The van der Waals surface area contributed by atoms with Crippen LogP contribution in [0.25, 0.3) is 0 Å². The molecule has 2 heteroatoms. The smallest absolute Gasteiger partial charge is 0.0354 e. The Hall–Kier alpha value is -1.02. The maximum atomic E-state index is 5.86. The van der Waals surface area contributed by atoms with Gasteiger partial charge in [-0.05, 0) is 49.2 Å². The predicted molar refractivity (Wildman–Crippen MR) is 64.8 cm³/mol. The molecule has 0 fully saturated rings. The molecule has 1 atom stereocenters. The van der Waals surface area contributed by atoms with Crippen LogP contribution < -0.4 is 5.73 Å². The molecule has 0 heterocycles. The van der Waals surface area contributed by atoms with Gasteiger partial charge in [-0.1, -0.05) is 19.9 Å². The highest BCUT2D eigenvalue weighted by molar-refractivity contribution is 5.48. The second kappa shape index (κ2) is 4.23. The number of nitrogen functional groups attached to an aromatic ring is 1. The highest BCUT2D eigenvalue weighted by Gasteiger charge is 2.26. The highest BCUT2D eigenvalue weighted by Crippen LogP contribution is 2.36. The first kappa shape index (κ1) is 10.5. The molecule has 1 aliphatic rings. The Kier molecular flexibility index (Phi) is 2.96. The van der Waals surface area contributed by atoms with Crippen LogP contribution in [0.1, 0.15) is 37.4 Å². The summed E-state index contributed by atoms with van der Waals surface area (Å²) in [4.78, 5) is 2.52. The number of fused-ring (bicyclic) bond motifs is 1. The van der Waals surface area contributed by atoms with Gasteiger partial charge in [-0.3, -0.25) is 4.90 Å². The summed E-state index contributed by atoms with van der Waals surface area (Å²) in [6.07, 6.45) is 2.46. The van der Waals surface area contributed by atoms with Gasteiger partial charge in [0.1, 0.15) is 0 Å². The molecule has 1 aromatic carbocycles. The molecular weight excluding hydrogens is 184 g/mol. The largest absolute Gasteiger partial charge is 0.399 e. The molecule has 2 rings (SSSR count). The monoisotopic (exact) mass is 204 g/mol. The summed E-state index contributed by atoms with van der Waals surface area (Å²) in [6, 6.07) is 6.96. The van der Waals surface area contributed by atoms with E-state index in [0.29, 0.717) is 6.04 Å². The molecule has 0 amide bonds. The van der Waals surface area contributed by atoms with E-state index in [0.717, 1.165) is 18.8 Å². The lowest BCUT2D eigenvalue weighted by Crippen LogP contribution is -2.26. The van der Waals surface area contributed by atoms with Crippen molar-refractivity contribution in [1.29, 1.82) is 0 Å². The molecule has 0 aromatic heterocycles. The molecule has 2 N–H and O–H groups in total. The predicted octanol–water partition coefficient (Wildman–Crippen LogP) is 2.60. The minimum Gasteiger partial charge on any atom is -0.399 e. The van der Waals surface area contributed by atoms with Crippen LogP contribution in [-0.4, -0.2) is 18.0 Å². The fourth-order valence-corrected chi connectivity index (χ4v) is 2.64. The molecule has 1 aromatic rings. The first-order chi connectivity index (χ1) is 7.26. The molecule has 0 saturated carbocycles. The van der Waals surface area contributed by atoms with Crippen molar-refractivity contribution < 1.29 is 0 Å². The van der Waals surface area contributed by atoms with Crippen LogP contribution in [0.4, 0.5) is 5.69 Å². The molecule has 0 bridgehead atoms. The van der Waals surface area contributed by atoms with Crippen molar-refractivity contribution in [3.8, 4) is 0 Å². The zero-order valence-corrected chi connectivity index (χ0v) is 9.66. The van der Waals surface area contributed by atoms with Gasteiger partial charge in [0.25, 0.3) is 0 Å². The maximum Gasteiger partial charge on any atom is 0.0354 e. The molecule has 0 radical (unpaired) electrons. The van der Waals surface area contributed by atoms with Crippen LogP contribution >= 0.6 is 0 Å². The van der Waals surface area contributed by atoms with Gasteiger partial charge in [0.15, 0.2) is 0 Å². The van der Waals surface area contributed by atoms with E-state index in [1.165, 1.54) is 24.0 Å². The third-order valence-electron chi connectivity index (χ3n) is 3.47. The number of aryl methyl sites for hydroxylation is 1. The van der Waals surface area contributed by atoms with Crippen LogP contribution in [0.5, 0.6) is 0 Å². The van der Waals surface area contributed by atoms with Crippen molar-refractivity contribution in [1.82, 2.24) is 4.90 Å². The van der Waals surface area contributed by atoms with Gasteiger partial charge in [-0.2, -0.15) is 0 Å². The Labute approximate surface area is 92.1 Å². The van der Waals surface area contributed by atoms with Crippen molar-refractivity contribution >= 4 is 5.69 Å². The summed E-state index contributed by atoms with van der Waals surface area (Å²) in [6.45, 7) is 6.70. The maximum absolute atomic E-state index is 5.86. The third kappa shape index (κ3) is 1.86. The lowest BCUT2D eigenvalue weighted by molar-refractivity contribution is 0.218. The van der Waals surface area contributed by atoms with E-state index >= 15 is 0 Å². The summed E-state index contributed by atoms with van der Waals surface area (Å²) < 4.78 is 0. The van der Waals surface area contributed by atoms with Crippen molar-refractivity contribution in [2.75, 3.05) is 18.8 Å². The van der Waals surface area contributed by atoms with Crippen molar-refractivity contribution in [3.05, 3.63) is 29.3 Å². The summed E-state index contributed by atoms with van der Waals surface area (Å²) in [5, 5.41) is 0. The van der Waals surface area contributed by atoms with Crippen LogP contribution in [0.15, 0.2) is 18.2 Å². The summed E-state index contributed by atoms with van der Waals surface area (Å²) in [7, 11) is 0. The minimum atomic E-state index is 0.596. The molecule has 15 heavy (non-hydrogen) atoms. The molecule has 0 spiro atoms. The highest BCUT2D eigenvalue weighted by atomic mass is 15.1. The molecule has 1 aliphatic carbocycles. The van der Waals surface area contributed by atoms with E-state index < -0.39 is 0 Å². The Bertz CT molecular complexity index is 342. The zero-order valence-electron chi connectivity index (χ0n) is 9.66. The first-order valence-electron chi connectivity index (χ1n) is 5.88. The second-order valence-corrected chi connectivity index (χ2v) is 4.23. The van der Waals surface area contributed by atoms with Gasteiger partial charge in [-0.15, -0.1) is 0 Å². The zero-order chi connectivity index (χ0) is 10.8. The third-order valence-corrected chi connectivity index (χ3v) is 3.47. The molecular formula is C13H20N2. The fourth-order valence-electron chi connectivity index (χ4n) is 2.64. The first-order valence-corrected chi connectivity index (χ1v) is 5.88. The van der Waals surface area contributed by atoms with Gasteiger partial charge < -0.3 is 5.73 Å². The second-order valence-electron chi connectivity index (χ2n) is 4.23. The molecule has 82 valence electrons. The lowest BCUT2D eigenvalue weighted by atomic mass is 10.1. The Morgan fingerprint density at radius 2 is 2.07 bits per heavy atom. The fraction of sp³-hybridized carbons (Fsp3) is 0.538. The van der Waals surface area contributed by atoms with E-state index in [-0.39, 0.29) is 0 Å². The average Bonchev–Trinajstić information content (AvgIpc) is 2.64. The number of rotatable bonds is 3. The minimum absolute atomic E-state index is 0.596. The molecule has 0 aliphatic heterocycles. The van der Waals surface area contributed by atoms with Crippen LogP contribution in [-0.2, 0) is 6.42 Å². The number of nitrogens with zero attached hydrogens (tertiary/aromatic N) is 1. The number of nitrogens with two attached hydrogens (primary N) is 1. The quantitative estimate of drug-likeness (QED) is 0.767. The average molecular weight is 204 g/mol. The molecule has 0 saturated heterocycles. The van der Waals surface area contributed by atoms with E-state index in [4.69, 9.17) is 5.73 Å². The SMILES string of the molecule is CCN(CC)C1CCc2ccc(N)cc21. The summed E-state index contributed by atoms with van der Waals surface area (Å²) in [5.74, 6) is 0. The number of hydrogen-bond acceptors (Lipinski definition) is 2. The Morgan fingerprint density at radius 1 is 1.33 bits per heavy atom. The molecule has 1 unspecified atom stereocenters. The van der Waals surface area contributed by atoms with Crippen molar-refractivity contribution in [3.63, 3.8) is 0 Å². The molecule has 2 nitrogen and oxygen atoms in total. The Balaban J connectivity index is 2.30. The Morgan fingerprint density at radius 3 is 2.73 bits per heavy atom. The van der Waals surface area contributed by atoms with Gasteiger partial charge in [0.05, 0.1) is 0 Å². The van der Waals surface area contributed by atoms with Gasteiger partial charge in [-0.25, -0.2) is 0 Å². The van der Waals surface area contributed by atoms with E-state index in [1.807, 2.05) is 6.07 Å². The lowest BCUT2D eigenvalue weighted by Gasteiger charge is -2.26. The van der Waals surface area contributed by atoms with Crippen molar-refractivity contribution in [2.24, 2.45) is 0 Å². The van der Waals surface area contributed by atoms with Crippen LogP contribution in [0.2, 0.25) is 0 Å². The normalized spacial score (nSPS) is 19.5. The van der Waals surface area contributed by atoms with Gasteiger partial charge in [0, 0.05) is 11.7 Å². The number of benzene rings is 1. The standard InChI is InChI=1S/C13H20N2/c1-3-15(4-2)13-8-6-10-5-7-11(14)9-12(10)13/h5,7,9,13H,3-4,6,8,14H2,1-2H3. The van der Waals surface area contributed by atoms with Crippen molar-refractivity contribution in [2.45, 2.75) is 32.7 Å². The van der Waals surface area contributed by atoms with Crippen LogP contribution in [0, 0.1) is 0 Å². The summed E-state index contributed by atoms with van der Waals surface area (Å²) >= 11 is 0. The van der Waals surface area contributed by atoms with Gasteiger partial charge >= 0.3 is 0 Å². The van der Waals surface area contributed by atoms with Crippen LogP contribution in [0.3, 0.4) is 0 Å².